The summed E-state index contributed by atoms with van der Waals surface area (Å²) in [5.74, 6) is 0.546. The fourth-order valence-corrected chi connectivity index (χ4v) is 5.25. The smallest absolute Gasteiger partial charge is 0.262 e. The van der Waals surface area contributed by atoms with E-state index < -0.39 is 0 Å². The molecule has 0 aliphatic heterocycles. The van der Waals surface area contributed by atoms with Gasteiger partial charge in [0.1, 0.15) is 10.1 Å². The van der Waals surface area contributed by atoms with E-state index in [1.165, 1.54) is 22.7 Å². The van der Waals surface area contributed by atoms with Gasteiger partial charge in [0, 0.05) is 19.2 Å². The van der Waals surface area contributed by atoms with Gasteiger partial charge < -0.3 is 9.64 Å². The van der Waals surface area contributed by atoms with Crippen LogP contribution in [0.1, 0.15) is 24.2 Å². The molecule has 0 saturated heterocycles. The normalized spacial score (nSPS) is 11.4. The number of hydrogen-bond acceptors (Lipinski definition) is 6. The number of rotatable bonds is 8. The van der Waals surface area contributed by atoms with E-state index in [0.717, 1.165) is 35.6 Å². The number of amides is 1. The Balaban J connectivity index is 1.97. The molecule has 5 nitrogen and oxygen atoms in total. The number of thiazole rings is 1. The van der Waals surface area contributed by atoms with Crippen LogP contribution in [0.2, 0.25) is 8.67 Å². The minimum Gasteiger partial charge on any atom is -0.497 e. The Morgan fingerprint density at radius 2 is 1.89 bits per heavy atom. The maximum Gasteiger partial charge on any atom is 0.262 e. The number of methoxy groups -OCH3 is 1. The van der Waals surface area contributed by atoms with E-state index in [1.54, 1.807) is 18.1 Å². The number of thiophene rings is 1. The third-order valence-electron chi connectivity index (χ3n) is 4.48. The molecule has 2 aromatic heterocycles. The summed E-state index contributed by atoms with van der Waals surface area (Å²) in [5.41, 5.74) is 1.21. The van der Waals surface area contributed by atoms with Crippen LogP contribution in [-0.4, -0.2) is 49.1 Å². The van der Waals surface area contributed by atoms with Crippen LogP contribution >= 0.6 is 45.9 Å². The Morgan fingerprint density at radius 1 is 1.14 bits per heavy atom. The number of halogens is 2. The van der Waals surface area contributed by atoms with E-state index in [0.29, 0.717) is 25.9 Å². The molecule has 0 atom stereocenters. The molecule has 0 aliphatic rings. The molecule has 1 amide bonds. The zero-order chi connectivity index (χ0) is 20.3. The van der Waals surface area contributed by atoms with Gasteiger partial charge in [-0.15, -0.1) is 11.3 Å². The van der Waals surface area contributed by atoms with E-state index in [9.17, 15) is 4.79 Å². The molecular weight excluding hydrogens is 437 g/mol. The number of nitrogens with zero attached hydrogens (tertiary/aromatic N) is 3. The van der Waals surface area contributed by atoms with Crippen LogP contribution in [0.5, 0.6) is 5.75 Å². The van der Waals surface area contributed by atoms with Crippen molar-refractivity contribution in [2.75, 3.05) is 38.2 Å². The van der Waals surface area contributed by atoms with Crippen LogP contribution in [0, 0.1) is 0 Å². The highest BCUT2D eigenvalue weighted by atomic mass is 35.5. The minimum absolute atomic E-state index is 0.189. The Bertz CT molecular complexity index is 969. The molecule has 3 aromatic rings. The maximum atomic E-state index is 13.3. The molecule has 0 fully saturated rings. The summed E-state index contributed by atoms with van der Waals surface area (Å²) in [5, 5.41) is 0.638. The monoisotopic (exact) mass is 457 g/mol. The molecule has 9 heteroatoms. The van der Waals surface area contributed by atoms with Crippen LogP contribution in [0.4, 0.5) is 5.13 Å². The number of hydrogen-bond donors (Lipinski definition) is 0. The highest BCUT2D eigenvalue weighted by molar-refractivity contribution is 7.22. The molecule has 0 unspecified atom stereocenters. The molecular formula is C19H21Cl2N3O2S2. The highest BCUT2D eigenvalue weighted by Gasteiger charge is 2.25. The number of aromatic nitrogens is 1. The molecule has 0 N–H and O–H groups in total. The minimum atomic E-state index is -0.189. The first-order valence-electron chi connectivity index (χ1n) is 8.90. The second kappa shape index (κ2) is 9.41. The van der Waals surface area contributed by atoms with Gasteiger partial charge in [0.15, 0.2) is 5.13 Å². The number of anilines is 1. The lowest BCUT2D eigenvalue weighted by atomic mass is 10.3. The topological polar surface area (TPSA) is 45.7 Å². The van der Waals surface area contributed by atoms with Gasteiger partial charge in [0.05, 0.1) is 27.2 Å². The first-order chi connectivity index (χ1) is 13.5. The van der Waals surface area contributed by atoms with Crippen molar-refractivity contribution in [3.63, 3.8) is 0 Å². The fraction of sp³-hybridized carbons (Fsp3) is 0.368. The summed E-state index contributed by atoms with van der Waals surface area (Å²) in [6, 6.07) is 7.34. The number of fused-ring (bicyclic) bond motifs is 1. The zero-order valence-corrected chi connectivity index (χ0v) is 19.0. The lowest BCUT2D eigenvalue weighted by Gasteiger charge is -2.24. The average molecular weight is 458 g/mol. The van der Waals surface area contributed by atoms with E-state index in [1.807, 2.05) is 18.2 Å². The van der Waals surface area contributed by atoms with Crippen molar-refractivity contribution in [3.8, 4) is 5.75 Å². The van der Waals surface area contributed by atoms with E-state index in [2.05, 4.69) is 23.7 Å². The molecule has 0 spiro atoms. The van der Waals surface area contributed by atoms with E-state index in [4.69, 9.17) is 27.9 Å². The molecule has 0 aliphatic carbocycles. The first kappa shape index (κ1) is 21.3. The van der Waals surface area contributed by atoms with Crippen molar-refractivity contribution in [1.29, 1.82) is 0 Å². The van der Waals surface area contributed by atoms with Crippen LogP contribution < -0.4 is 9.64 Å². The van der Waals surface area contributed by atoms with Crippen molar-refractivity contribution in [1.82, 2.24) is 9.88 Å². The SMILES string of the molecule is CCN(CC)CCN(C(=O)c1cc(Cl)sc1Cl)c1nc2cc(OC)ccc2s1. The Morgan fingerprint density at radius 3 is 2.50 bits per heavy atom. The highest BCUT2D eigenvalue weighted by Crippen LogP contribution is 2.35. The summed E-state index contributed by atoms with van der Waals surface area (Å²) in [7, 11) is 1.62. The van der Waals surface area contributed by atoms with Gasteiger partial charge in [-0.25, -0.2) is 4.98 Å². The predicted molar refractivity (Wildman–Crippen MR) is 120 cm³/mol. The summed E-state index contributed by atoms with van der Waals surface area (Å²) < 4.78 is 7.16. The van der Waals surface area contributed by atoms with E-state index >= 15 is 0 Å². The Kier molecular flexibility index (Phi) is 7.17. The molecule has 28 heavy (non-hydrogen) atoms. The number of likely N-dealkylation sites (N-methyl/N-ethyl adjacent to an activating group) is 1. The van der Waals surface area contributed by atoms with Gasteiger partial charge in [-0.2, -0.15) is 0 Å². The maximum absolute atomic E-state index is 13.3. The third-order valence-corrected chi connectivity index (χ3v) is 7.03. The third kappa shape index (κ3) is 4.60. The average Bonchev–Trinajstić information content (AvgIpc) is 3.26. The quantitative estimate of drug-likeness (QED) is 0.437. The van der Waals surface area contributed by atoms with Gasteiger partial charge in [0.2, 0.25) is 0 Å². The number of carbonyl (C=O) groups excluding carboxylic acids is 1. The molecule has 150 valence electrons. The first-order valence-corrected chi connectivity index (χ1v) is 11.3. The number of benzene rings is 1. The summed E-state index contributed by atoms with van der Waals surface area (Å²) in [6.07, 6.45) is 0. The van der Waals surface area contributed by atoms with Crippen LogP contribution in [-0.2, 0) is 0 Å². The Hall–Kier alpha value is -1.38. The van der Waals surface area contributed by atoms with Gasteiger partial charge >= 0.3 is 0 Å². The van der Waals surface area contributed by atoms with Crippen molar-refractivity contribution < 1.29 is 9.53 Å². The zero-order valence-electron chi connectivity index (χ0n) is 15.9. The second-order valence-electron chi connectivity index (χ2n) is 6.05. The van der Waals surface area contributed by atoms with Crippen molar-refractivity contribution in [3.05, 3.63) is 38.5 Å². The van der Waals surface area contributed by atoms with Crippen LogP contribution in [0.3, 0.4) is 0 Å². The van der Waals surface area contributed by atoms with Gasteiger partial charge in [-0.3, -0.25) is 9.69 Å². The van der Waals surface area contributed by atoms with E-state index in [-0.39, 0.29) is 5.91 Å². The molecule has 0 radical (unpaired) electrons. The molecule has 1 aromatic carbocycles. The van der Waals surface area contributed by atoms with Crippen molar-refractivity contribution in [2.45, 2.75) is 13.8 Å². The van der Waals surface area contributed by atoms with Crippen molar-refractivity contribution in [2.24, 2.45) is 0 Å². The summed E-state index contributed by atoms with van der Waals surface area (Å²) >= 11 is 15.0. The molecule has 0 bridgehead atoms. The van der Waals surface area contributed by atoms with Gasteiger partial charge in [-0.1, -0.05) is 48.4 Å². The van der Waals surface area contributed by atoms with Crippen LogP contribution in [0.15, 0.2) is 24.3 Å². The summed E-state index contributed by atoms with van der Waals surface area (Å²) in [6.45, 7) is 7.31. The van der Waals surface area contributed by atoms with Crippen LogP contribution in [0.25, 0.3) is 10.2 Å². The molecule has 3 rings (SSSR count). The second-order valence-corrected chi connectivity index (χ2v) is 9.35. The van der Waals surface area contributed by atoms with Crippen molar-refractivity contribution >= 4 is 67.1 Å². The number of carbonyl (C=O) groups is 1. The number of ether oxygens (including phenoxy) is 1. The molecule has 0 saturated carbocycles. The predicted octanol–water partition coefficient (Wildman–Crippen LogP) is 5.66. The Labute approximate surface area is 182 Å². The largest absolute Gasteiger partial charge is 0.497 e. The lowest BCUT2D eigenvalue weighted by Crippen LogP contribution is -2.38. The fourth-order valence-electron chi connectivity index (χ4n) is 2.83. The standard InChI is InChI=1S/C19H21Cl2N3O2S2/c1-4-23(5-2)8-9-24(18(25)13-11-16(20)28-17(13)21)19-22-14-10-12(26-3)6-7-15(14)27-19/h6-7,10-11H,4-5,8-9H2,1-3H3. The van der Waals surface area contributed by atoms with Gasteiger partial charge in [-0.05, 0) is 31.3 Å². The van der Waals surface area contributed by atoms with Gasteiger partial charge in [0.25, 0.3) is 5.91 Å². The lowest BCUT2D eigenvalue weighted by molar-refractivity contribution is 0.0984. The molecule has 2 heterocycles. The summed E-state index contributed by atoms with van der Waals surface area (Å²) in [4.78, 5) is 21.9.